The minimum absolute atomic E-state index is 0.258. The summed E-state index contributed by atoms with van der Waals surface area (Å²) >= 11 is 0. The Labute approximate surface area is 146 Å². The van der Waals surface area contributed by atoms with Gasteiger partial charge in [-0.1, -0.05) is 12.1 Å². The molecule has 4 rings (SSSR count). The van der Waals surface area contributed by atoms with Crippen molar-refractivity contribution in [3.63, 3.8) is 0 Å². The van der Waals surface area contributed by atoms with E-state index in [9.17, 15) is 0 Å². The number of hydrogen-bond donors (Lipinski definition) is 2. The summed E-state index contributed by atoms with van der Waals surface area (Å²) in [5.74, 6) is 1.71. The van der Waals surface area contributed by atoms with Gasteiger partial charge in [-0.05, 0) is 29.7 Å². The Kier molecular flexibility index (Phi) is 4.24. The molecule has 5 heteroatoms. The molecule has 3 aromatic rings. The highest BCUT2D eigenvalue weighted by Crippen LogP contribution is 2.40. The van der Waals surface area contributed by atoms with E-state index in [2.05, 4.69) is 34.7 Å². The molecule has 0 saturated carbocycles. The zero-order valence-electron chi connectivity index (χ0n) is 14.5. The van der Waals surface area contributed by atoms with E-state index in [1.165, 1.54) is 27.8 Å². The van der Waals surface area contributed by atoms with Gasteiger partial charge in [0.25, 0.3) is 0 Å². The van der Waals surface area contributed by atoms with Crippen molar-refractivity contribution in [1.29, 1.82) is 0 Å². The van der Waals surface area contributed by atoms with E-state index in [4.69, 9.17) is 14.2 Å². The van der Waals surface area contributed by atoms with Crippen LogP contribution in [0.5, 0.6) is 11.5 Å². The summed E-state index contributed by atoms with van der Waals surface area (Å²) in [5.41, 5.74) is 6.10. The van der Waals surface area contributed by atoms with Crippen molar-refractivity contribution in [3.8, 4) is 11.5 Å². The quantitative estimate of drug-likeness (QED) is 0.673. The average molecular weight is 338 g/mol. The zero-order valence-corrected chi connectivity index (χ0v) is 14.5. The molecule has 2 heterocycles. The fourth-order valence-electron chi connectivity index (χ4n) is 3.49. The predicted octanol–water partition coefficient (Wildman–Crippen LogP) is 3.72. The van der Waals surface area contributed by atoms with Gasteiger partial charge in [0.1, 0.15) is 11.5 Å². The van der Waals surface area contributed by atoms with E-state index in [1.807, 2.05) is 12.1 Å². The average Bonchev–Trinajstić information content (AvgIpc) is 3.07. The molecule has 0 unspecified atom stereocenters. The standard InChI is InChI=1S/C20H22N2O3/c1-23-12-25-15-5-3-13(4-6-15)9-16-18(24-2)10-17-19-14(11-22-17)7-8-21-20(16)19/h3-6,10-11,21-22H,7-9,12H2,1-2H3. The topological polar surface area (TPSA) is 55.5 Å². The Hall–Kier alpha value is -2.66. The van der Waals surface area contributed by atoms with Crippen molar-refractivity contribution in [3.05, 3.63) is 53.2 Å². The highest BCUT2D eigenvalue weighted by molar-refractivity contribution is 5.99. The lowest BCUT2D eigenvalue weighted by atomic mass is 9.95. The minimum Gasteiger partial charge on any atom is -0.496 e. The zero-order chi connectivity index (χ0) is 17.2. The van der Waals surface area contributed by atoms with Gasteiger partial charge in [0.05, 0.1) is 18.3 Å². The van der Waals surface area contributed by atoms with E-state index >= 15 is 0 Å². The Bertz CT molecular complexity index is 884. The van der Waals surface area contributed by atoms with Crippen LogP contribution >= 0.6 is 0 Å². The minimum atomic E-state index is 0.258. The molecule has 0 radical (unpaired) electrons. The van der Waals surface area contributed by atoms with Crippen molar-refractivity contribution < 1.29 is 14.2 Å². The van der Waals surface area contributed by atoms with Gasteiger partial charge >= 0.3 is 0 Å². The van der Waals surface area contributed by atoms with Crippen LogP contribution in [0, 0.1) is 0 Å². The predicted molar refractivity (Wildman–Crippen MR) is 98.8 cm³/mol. The van der Waals surface area contributed by atoms with E-state index in [0.717, 1.165) is 36.4 Å². The molecule has 0 saturated heterocycles. The van der Waals surface area contributed by atoms with E-state index in [0.29, 0.717) is 0 Å². The van der Waals surface area contributed by atoms with Crippen LogP contribution in [0.2, 0.25) is 0 Å². The molecule has 2 N–H and O–H groups in total. The molecular weight excluding hydrogens is 316 g/mol. The maximum Gasteiger partial charge on any atom is 0.188 e. The second-order valence-corrected chi connectivity index (χ2v) is 6.22. The van der Waals surface area contributed by atoms with Crippen LogP contribution in [-0.4, -0.2) is 32.5 Å². The molecule has 0 bridgehead atoms. The third-order valence-corrected chi connectivity index (χ3v) is 4.68. The number of aromatic amines is 1. The van der Waals surface area contributed by atoms with Crippen molar-refractivity contribution in [2.75, 3.05) is 32.9 Å². The number of rotatable bonds is 6. The molecule has 2 aromatic carbocycles. The van der Waals surface area contributed by atoms with E-state index in [1.54, 1.807) is 14.2 Å². The largest absolute Gasteiger partial charge is 0.496 e. The molecule has 5 nitrogen and oxygen atoms in total. The number of nitrogens with one attached hydrogen (secondary N) is 2. The van der Waals surface area contributed by atoms with Crippen molar-refractivity contribution in [2.45, 2.75) is 12.8 Å². The summed E-state index contributed by atoms with van der Waals surface area (Å²) in [6.45, 7) is 1.21. The molecule has 130 valence electrons. The van der Waals surface area contributed by atoms with Gasteiger partial charge in [-0.2, -0.15) is 0 Å². The third kappa shape index (κ3) is 2.91. The van der Waals surface area contributed by atoms with Gasteiger partial charge < -0.3 is 24.5 Å². The van der Waals surface area contributed by atoms with Crippen LogP contribution in [0.25, 0.3) is 10.9 Å². The smallest absolute Gasteiger partial charge is 0.188 e. The monoisotopic (exact) mass is 338 g/mol. The first-order chi connectivity index (χ1) is 12.3. The van der Waals surface area contributed by atoms with E-state index in [-0.39, 0.29) is 6.79 Å². The first-order valence-corrected chi connectivity index (χ1v) is 8.44. The Balaban J connectivity index is 1.70. The van der Waals surface area contributed by atoms with Gasteiger partial charge in [0.15, 0.2) is 6.79 Å². The van der Waals surface area contributed by atoms with Gasteiger partial charge in [-0.3, -0.25) is 0 Å². The lowest BCUT2D eigenvalue weighted by Crippen LogP contribution is -2.13. The van der Waals surface area contributed by atoms with Gasteiger partial charge in [0, 0.05) is 43.3 Å². The Morgan fingerprint density at radius 1 is 1.12 bits per heavy atom. The van der Waals surface area contributed by atoms with Gasteiger partial charge in [-0.25, -0.2) is 0 Å². The summed E-state index contributed by atoms with van der Waals surface area (Å²) in [5, 5.41) is 4.87. The Morgan fingerprint density at radius 2 is 1.96 bits per heavy atom. The molecule has 0 aliphatic carbocycles. The van der Waals surface area contributed by atoms with Crippen LogP contribution in [0.1, 0.15) is 16.7 Å². The molecule has 25 heavy (non-hydrogen) atoms. The number of benzene rings is 2. The number of ether oxygens (including phenoxy) is 3. The molecule has 1 aliphatic heterocycles. The van der Waals surface area contributed by atoms with Gasteiger partial charge in [-0.15, -0.1) is 0 Å². The lowest BCUT2D eigenvalue weighted by molar-refractivity contribution is 0.0511. The molecule has 0 atom stereocenters. The Morgan fingerprint density at radius 3 is 2.72 bits per heavy atom. The second-order valence-electron chi connectivity index (χ2n) is 6.22. The van der Waals surface area contributed by atoms with Crippen LogP contribution < -0.4 is 14.8 Å². The summed E-state index contributed by atoms with van der Waals surface area (Å²) < 4.78 is 16.1. The molecule has 1 aliphatic rings. The first kappa shape index (κ1) is 15.8. The lowest BCUT2D eigenvalue weighted by Gasteiger charge is -2.21. The molecule has 0 fully saturated rings. The third-order valence-electron chi connectivity index (χ3n) is 4.68. The fraction of sp³-hybridized carbons (Fsp3) is 0.300. The SMILES string of the molecule is COCOc1ccc(Cc2c(OC)cc3[nH]cc4c3c2NCC4)cc1. The number of anilines is 1. The number of aromatic nitrogens is 1. The fourth-order valence-corrected chi connectivity index (χ4v) is 3.49. The first-order valence-electron chi connectivity index (χ1n) is 8.44. The molecule has 1 aromatic heterocycles. The number of H-pyrrole nitrogens is 1. The van der Waals surface area contributed by atoms with Crippen molar-refractivity contribution >= 4 is 16.6 Å². The highest BCUT2D eigenvalue weighted by Gasteiger charge is 2.21. The summed E-state index contributed by atoms with van der Waals surface area (Å²) in [7, 11) is 3.34. The maximum atomic E-state index is 5.68. The van der Waals surface area contributed by atoms with Crippen LogP contribution in [-0.2, 0) is 17.6 Å². The van der Waals surface area contributed by atoms with Crippen molar-refractivity contribution in [1.82, 2.24) is 4.98 Å². The molecular formula is C20H22N2O3. The number of hydrogen-bond acceptors (Lipinski definition) is 4. The van der Waals surface area contributed by atoms with Crippen LogP contribution in [0.3, 0.4) is 0 Å². The normalized spacial score (nSPS) is 12.9. The summed E-state index contributed by atoms with van der Waals surface area (Å²) in [4.78, 5) is 3.36. The summed E-state index contributed by atoms with van der Waals surface area (Å²) in [6.07, 6.45) is 3.96. The van der Waals surface area contributed by atoms with Crippen molar-refractivity contribution in [2.24, 2.45) is 0 Å². The van der Waals surface area contributed by atoms with E-state index < -0.39 is 0 Å². The number of methoxy groups -OCH3 is 2. The second kappa shape index (κ2) is 6.69. The summed E-state index contributed by atoms with van der Waals surface area (Å²) in [6, 6.07) is 10.2. The van der Waals surface area contributed by atoms with Crippen LogP contribution in [0.4, 0.5) is 5.69 Å². The molecule has 0 amide bonds. The van der Waals surface area contributed by atoms with Crippen LogP contribution in [0.15, 0.2) is 36.5 Å². The molecule has 0 spiro atoms. The maximum absolute atomic E-state index is 5.68. The van der Waals surface area contributed by atoms with Gasteiger partial charge in [0.2, 0.25) is 0 Å². The highest BCUT2D eigenvalue weighted by atomic mass is 16.7.